The zero-order valence-corrected chi connectivity index (χ0v) is 19.0. The number of phenolic OH excluding ortho intramolecular Hbond substituents is 2. The standard InChI is InChI=1S/C27H36N2O3/c30-23-11-7-21(8-12-23)25(19-28-15-3-1-4-16-28)27(32)26(20-29-17-5-2-6-18-29)22-9-13-24(31)14-10-22/h7-14,25-26,30-31H,1-6,15-20H2. The first kappa shape index (κ1) is 22.8. The van der Waals surface area contributed by atoms with Crippen LogP contribution in [0.2, 0.25) is 0 Å². The van der Waals surface area contributed by atoms with E-state index in [-0.39, 0.29) is 29.1 Å². The molecule has 0 saturated carbocycles. The first-order valence-corrected chi connectivity index (χ1v) is 12.2. The Bertz CT molecular complexity index is 782. The van der Waals surface area contributed by atoms with Gasteiger partial charge in [-0.05, 0) is 87.3 Å². The van der Waals surface area contributed by atoms with Crippen LogP contribution in [0.5, 0.6) is 11.5 Å². The summed E-state index contributed by atoms with van der Waals surface area (Å²) in [5, 5.41) is 19.6. The number of hydrogen-bond acceptors (Lipinski definition) is 5. The summed E-state index contributed by atoms with van der Waals surface area (Å²) in [7, 11) is 0. The van der Waals surface area contributed by atoms with Crippen molar-refractivity contribution in [1.82, 2.24) is 9.80 Å². The maximum Gasteiger partial charge on any atom is 0.150 e. The summed E-state index contributed by atoms with van der Waals surface area (Å²) >= 11 is 0. The van der Waals surface area contributed by atoms with Crippen molar-refractivity contribution in [3.05, 3.63) is 59.7 Å². The summed E-state index contributed by atoms with van der Waals surface area (Å²) in [5.74, 6) is 0.203. The van der Waals surface area contributed by atoms with Crippen molar-refractivity contribution in [2.24, 2.45) is 0 Å². The van der Waals surface area contributed by atoms with Crippen LogP contribution in [0.1, 0.15) is 61.5 Å². The highest BCUT2D eigenvalue weighted by molar-refractivity contribution is 5.92. The van der Waals surface area contributed by atoms with E-state index in [1.54, 1.807) is 24.3 Å². The lowest BCUT2D eigenvalue weighted by Gasteiger charge is -2.34. The van der Waals surface area contributed by atoms with Gasteiger partial charge >= 0.3 is 0 Å². The Morgan fingerprint density at radius 1 is 0.625 bits per heavy atom. The van der Waals surface area contributed by atoms with Crippen molar-refractivity contribution in [1.29, 1.82) is 0 Å². The van der Waals surface area contributed by atoms with Crippen LogP contribution in [0.25, 0.3) is 0 Å². The van der Waals surface area contributed by atoms with Crippen molar-refractivity contribution in [2.45, 2.75) is 50.4 Å². The lowest BCUT2D eigenvalue weighted by Crippen LogP contribution is -2.40. The maximum atomic E-state index is 14.2. The number of nitrogens with zero attached hydrogens (tertiary/aromatic N) is 2. The average Bonchev–Trinajstić information content (AvgIpc) is 2.83. The summed E-state index contributed by atoms with van der Waals surface area (Å²) in [4.78, 5) is 19.0. The van der Waals surface area contributed by atoms with Crippen LogP contribution < -0.4 is 0 Å². The van der Waals surface area contributed by atoms with Crippen molar-refractivity contribution in [2.75, 3.05) is 39.3 Å². The minimum atomic E-state index is -0.239. The van der Waals surface area contributed by atoms with E-state index >= 15 is 0 Å². The Balaban J connectivity index is 1.63. The molecule has 2 heterocycles. The second-order valence-electron chi connectivity index (χ2n) is 9.41. The molecule has 2 fully saturated rings. The van der Waals surface area contributed by atoms with Crippen LogP contribution in [0.4, 0.5) is 0 Å². The number of piperidine rings is 2. The summed E-state index contributed by atoms with van der Waals surface area (Å²) in [6.45, 7) is 5.60. The smallest absolute Gasteiger partial charge is 0.150 e. The molecule has 32 heavy (non-hydrogen) atoms. The Labute approximate surface area is 191 Å². The van der Waals surface area contributed by atoms with Gasteiger partial charge in [0.15, 0.2) is 0 Å². The van der Waals surface area contributed by atoms with Crippen LogP contribution in [0, 0.1) is 0 Å². The Morgan fingerprint density at radius 2 is 0.969 bits per heavy atom. The molecule has 0 spiro atoms. The molecule has 2 aliphatic heterocycles. The van der Waals surface area contributed by atoms with Gasteiger partial charge < -0.3 is 20.0 Å². The maximum absolute atomic E-state index is 14.2. The Morgan fingerprint density at radius 3 is 1.31 bits per heavy atom. The van der Waals surface area contributed by atoms with E-state index in [1.807, 2.05) is 24.3 Å². The minimum absolute atomic E-state index is 0.223. The number of ketones is 1. The monoisotopic (exact) mass is 436 g/mol. The van der Waals surface area contributed by atoms with Gasteiger partial charge in [-0.25, -0.2) is 0 Å². The predicted molar refractivity (Wildman–Crippen MR) is 127 cm³/mol. The van der Waals surface area contributed by atoms with Crippen LogP contribution in [0.15, 0.2) is 48.5 Å². The molecule has 172 valence electrons. The second kappa shape index (κ2) is 11.0. The zero-order chi connectivity index (χ0) is 22.3. The molecule has 2 atom stereocenters. The van der Waals surface area contributed by atoms with Gasteiger partial charge in [-0.2, -0.15) is 0 Å². The molecule has 2 N–H and O–H groups in total. The second-order valence-corrected chi connectivity index (χ2v) is 9.41. The molecule has 5 nitrogen and oxygen atoms in total. The van der Waals surface area contributed by atoms with Crippen molar-refractivity contribution >= 4 is 5.78 Å². The number of rotatable bonds is 8. The van der Waals surface area contributed by atoms with E-state index in [4.69, 9.17) is 0 Å². The molecule has 4 rings (SSSR count). The van der Waals surface area contributed by atoms with Gasteiger partial charge in [-0.3, -0.25) is 4.79 Å². The molecule has 0 aromatic heterocycles. The predicted octanol–water partition coefficient (Wildman–Crippen LogP) is 4.51. The number of benzene rings is 2. The molecule has 2 aromatic rings. The number of Topliss-reactive ketones (excluding diaryl/α,β-unsaturated/α-hetero) is 1. The highest BCUT2D eigenvalue weighted by atomic mass is 16.3. The fraction of sp³-hybridized carbons (Fsp3) is 0.519. The zero-order valence-electron chi connectivity index (χ0n) is 19.0. The fourth-order valence-corrected chi connectivity index (χ4v) is 5.18. The van der Waals surface area contributed by atoms with Gasteiger partial charge in [0.05, 0.1) is 11.8 Å². The van der Waals surface area contributed by atoms with Crippen molar-refractivity contribution in [3.8, 4) is 11.5 Å². The molecular weight excluding hydrogens is 400 g/mol. The molecule has 0 radical (unpaired) electrons. The molecule has 2 aliphatic rings. The number of carbonyl (C=O) groups is 1. The van der Waals surface area contributed by atoms with Gasteiger partial charge in [-0.1, -0.05) is 37.1 Å². The van der Waals surface area contributed by atoms with E-state index in [0.717, 1.165) is 50.4 Å². The quantitative estimate of drug-likeness (QED) is 0.638. The van der Waals surface area contributed by atoms with E-state index < -0.39 is 0 Å². The molecule has 0 bridgehead atoms. The van der Waals surface area contributed by atoms with Crippen LogP contribution in [-0.4, -0.2) is 65.1 Å². The summed E-state index contributed by atoms with van der Waals surface area (Å²) in [6, 6.07) is 14.3. The summed E-state index contributed by atoms with van der Waals surface area (Å²) in [6.07, 6.45) is 7.27. The molecular formula is C27H36N2O3. The van der Waals surface area contributed by atoms with Crippen LogP contribution >= 0.6 is 0 Å². The number of aromatic hydroxyl groups is 2. The topological polar surface area (TPSA) is 64.0 Å². The molecule has 2 unspecified atom stereocenters. The Hall–Kier alpha value is -2.37. The van der Waals surface area contributed by atoms with Gasteiger partial charge in [0.2, 0.25) is 0 Å². The third kappa shape index (κ3) is 5.90. The number of hydrogen-bond donors (Lipinski definition) is 2. The summed E-state index contributed by atoms with van der Waals surface area (Å²) < 4.78 is 0. The molecule has 2 saturated heterocycles. The third-order valence-electron chi connectivity index (χ3n) is 7.06. The van der Waals surface area contributed by atoms with E-state index in [1.165, 1.54) is 38.5 Å². The van der Waals surface area contributed by atoms with Gasteiger partial charge in [0.1, 0.15) is 17.3 Å². The number of carbonyl (C=O) groups excluding carboxylic acids is 1. The van der Waals surface area contributed by atoms with Crippen LogP contribution in [0.3, 0.4) is 0 Å². The van der Waals surface area contributed by atoms with Gasteiger partial charge in [0.25, 0.3) is 0 Å². The first-order valence-electron chi connectivity index (χ1n) is 12.2. The Kier molecular flexibility index (Phi) is 7.82. The largest absolute Gasteiger partial charge is 0.508 e. The van der Waals surface area contributed by atoms with Gasteiger partial charge in [0, 0.05) is 13.1 Å². The molecule has 5 heteroatoms. The van der Waals surface area contributed by atoms with E-state index in [2.05, 4.69) is 9.80 Å². The molecule has 2 aromatic carbocycles. The van der Waals surface area contributed by atoms with Crippen molar-refractivity contribution in [3.63, 3.8) is 0 Å². The molecule has 0 aliphatic carbocycles. The fourth-order valence-electron chi connectivity index (χ4n) is 5.18. The lowest BCUT2D eigenvalue weighted by atomic mass is 9.82. The van der Waals surface area contributed by atoms with Crippen molar-refractivity contribution < 1.29 is 15.0 Å². The van der Waals surface area contributed by atoms with Gasteiger partial charge in [-0.15, -0.1) is 0 Å². The van der Waals surface area contributed by atoms with E-state index in [9.17, 15) is 15.0 Å². The normalized spacial score (nSPS) is 20.0. The number of likely N-dealkylation sites (tertiary alicyclic amines) is 2. The molecule has 0 amide bonds. The third-order valence-corrected chi connectivity index (χ3v) is 7.06. The SMILES string of the molecule is O=C(C(CN1CCCCC1)c1ccc(O)cc1)C(CN1CCCCC1)c1ccc(O)cc1. The minimum Gasteiger partial charge on any atom is -0.508 e. The summed E-state index contributed by atoms with van der Waals surface area (Å²) in [5.41, 5.74) is 1.95. The van der Waals surface area contributed by atoms with E-state index in [0.29, 0.717) is 0 Å². The first-order chi connectivity index (χ1) is 15.6. The average molecular weight is 437 g/mol. The number of phenols is 2. The lowest BCUT2D eigenvalue weighted by molar-refractivity contribution is -0.123. The highest BCUT2D eigenvalue weighted by Gasteiger charge is 2.32. The highest BCUT2D eigenvalue weighted by Crippen LogP contribution is 2.31. The van der Waals surface area contributed by atoms with Crippen LogP contribution in [-0.2, 0) is 4.79 Å².